The van der Waals surface area contributed by atoms with Gasteiger partial charge in [-0.1, -0.05) is 6.92 Å². The number of aliphatic hydroxyl groups is 1. The first-order chi connectivity index (χ1) is 3.27. The van der Waals surface area contributed by atoms with Gasteiger partial charge in [0.25, 0.3) is 0 Å². The second kappa shape index (κ2) is 4.05. The third-order valence-electron chi connectivity index (χ3n) is 0.569. The van der Waals surface area contributed by atoms with Gasteiger partial charge >= 0.3 is 0 Å². The zero-order valence-corrected chi connectivity index (χ0v) is 4.35. The smallest absolute Gasteiger partial charge is 0.201 e. The van der Waals surface area contributed by atoms with Gasteiger partial charge in [-0.15, -0.1) is 0 Å². The largest absolute Gasteiger partial charge is 0.365 e. The van der Waals surface area contributed by atoms with Crippen molar-refractivity contribution in [2.75, 3.05) is 13.1 Å². The van der Waals surface area contributed by atoms with Gasteiger partial charge in [0.15, 0.2) is 0 Å². The molecule has 1 atom stereocenters. The molecule has 0 aromatic heterocycles. The van der Waals surface area contributed by atoms with E-state index in [1.807, 2.05) is 6.92 Å². The van der Waals surface area contributed by atoms with Gasteiger partial charge in [0.05, 0.1) is 0 Å². The van der Waals surface area contributed by atoms with Gasteiger partial charge in [-0.3, -0.25) is 0 Å². The fourth-order valence-corrected chi connectivity index (χ4v) is 0.268. The van der Waals surface area contributed by atoms with Crippen LogP contribution in [0.3, 0.4) is 0 Å². The molecular weight excluding hydrogens is 94.0 g/mol. The number of hydrogen-bond acceptors (Lipinski definition) is 2. The van der Waals surface area contributed by atoms with Crippen LogP contribution in [0.5, 0.6) is 0 Å². The Morgan fingerprint density at radius 1 is 1.86 bits per heavy atom. The Hall–Kier alpha value is -0.120. The molecule has 0 aliphatic rings. The van der Waals surface area contributed by atoms with E-state index in [0.29, 0.717) is 0 Å². The summed E-state index contributed by atoms with van der Waals surface area (Å²) < 4.78 is 0. The van der Waals surface area contributed by atoms with Crippen molar-refractivity contribution in [3.63, 3.8) is 0 Å². The van der Waals surface area contributed by atoms with E-state index < -0.39 is 6.29 Å². The highest BCUT2D eigenvalue weighted by Crippen LogP contribution is 1.68. The van der Waals surface area contributed by atoms with Crippen LogP contribution in [0.4, 0.5) is 0 Å². The molecule has 43 valence electrons. The van der Waals surface area contributed by atoms with Crippen LogP contribution in [0.2, 0.25) is 0 Å². The number of aliphatic hydroxyl groups excluding tert-OH is 1. The highest BCUT2D eigenvalue weighted by atomic mass is 16.5. The summed E-state index contributed by atoms with van der Waals surface area (Å²) in [7, 11) is 0. The first-order valence-electron chi connectivity index (χ1n) is 2.32. The number of likely N-dealkylation sites (N-methyl/N-ethyl adjacent to an activating group) is 1. The van der Waals surface area contributed by atoms with Crippen LogP contribution in [0.15, 0.2) is 0 Å². The van der Waals surface area contributed by atoms with Gasteiger partial charge in [-0.05, 0) is 6.54 Å². The fourth-order valence-electron chi connectivity index (χ4n) is 0.268. The number of hydrogen-bond donors (Lipinski definition) is 2. The van der Waals surface area contributed by atoms with Crippen LogP contribution in [-0.2, 0) is 5.11 Å². The van der Waals surface area contributed by atoms with Crippen molar-refractivity contribution < 1.29 is 10.2 Å². The standard InChI is InChI=1S/C4H10NO2/c1-2-5-3-4(6)7/h4-6H,2-3H2,1H3. The minimum Gasteiger partial charge on any atom is -0.365 e. The summed E-state index contributed by atoms with van der Waals surface area (Å²) in [5.74, 6) is 0. The van der Waals surface area contributed by atoms with Gasteiger partial charge in [-0.2, -0.15) is 0 Å². The van der Waals surface area contributed by atoms with Gasteiger partial charge < -0.3 is 10.4 Å². The zero-order valence-electron chi connectivity index (χ0n) is 4.35. The van der Waals surface area contributed by atoms with Crippen molar-refractivity contribution in [1.82, 2.24) is 5.32 Å². The summed E-state index contributed by atoms with van der Waals surface area (Å²) in [5, 5.41) is 20.5. The maximum Gasteiger partial charge on any atom is 0.201 e. The Labute approximate surface area is 43.0 Å². The maximum atomic E-state index is 9.78. The molecule has 0 fully saturated rings. The van der Waals surface area contributed by atoms with Crippen molar-refractivity contribution in [3.8, 4) is 0 Å². The third kappa shape index (κ3) is 5.88. The number of rotatable bonds is 3. The molecule has 3 heteroatoms. The lowest BCUT2D eigenvalue weighted by Gasteiger charge is -1.98. The van der Waals surface area contributed by atoms with Crippen LogP contribution >= 0.6 is 0 Å². The summed E-state index contributed by atoms with van der Waals surface area (Å²) >= 11 is 0. The topological polar surface area (TPSA) is 52.2 Å². The quantitative estimate of drug-likeness (QED) is 0.467. The Morgan fingerprint density at radius 2 is 2.43 bits per heavy atom. The van der Waals surface area contributed by atoms with Crippen LogP contribution < -0.4 is 5.32 Å². The second-order valence-corrected chi connectivity index (χ2v) is 1.26. The Kier molecular flexibility index (Phi) is 3.98. The van der Waals surface area contributed by atoms with Crippen molar-refractivity contribution in [3.05, 3.63) is 0 Å². The molecule has 0 aliphatic heterocycles. The predicted octanol–water partition coefficient (Wildman–Crippen LogP) is -0.655. The molecule has 0 saturated carbocycles. The molecule has 0 aliphatic carbocycles. The van der Waals surface area contributed by atoms with Crippen molar-refractivity contribution in [1.29, 1.82) is 0 Å². The van der Waals surface area contributed by atoms with Gasteiger partial charge in [0.1, 0.15) is 0 Å². The van der Waals surface area contributed by atoms with Crippen molar-refractivity contribution in [2.24, 2.45) is 0 Å². The highest BCUT2D eigenvalue weighted by molar-refractivity contribution is 4.40. The Morgan fingerprint density at radius 3 is 2.57 bits per heavy atom. The molecule has 1 unspecified atom stereocenters. The Balaban J connectivity index is 2.68. The van der Waals surface area contributed by atoms with E-state index >= 15 is 0 Å². The lowest BCUT2D eigenvalue weighted by Crippen LogP contribution is -2.24. The molecule has 0 heterocycles. The van der Waals surface area contributed by atoms with Crippen molar-refractivity contribution >= 4 is 0 Å². The molecule has 0 rings (SSSR count). The lowest BCUT2D eigenvalue weighted by molar-refractivity contribution is -0.0877. The van der Waals surface area contributed by atoms with E-state index in [-0.39, 0.29) is 6.54 Å². The first kappa shape index (κ1) is 6.88. The second-order valence-electron chi connectivity index (χ2n) is 1.26. The van der Waals surface area contributed by atoms with Gasteiger partial charge in [0, 0.05) is 6.54 Å². The monoisotopic (exact) mass is 104 g/mol. The first-order valence-corrected chi connectivity index (χ1v) is 2.32. The Bertz CT molecular complexity index is 38.7. The zero-order chi connectivity index (χ0) is 5.70. The van der Waals surface area contributed by atoms with E-state index in [9.17, 15) is 5.11 Å². The average molecular weight is 104 g/mol. The SMILES string of the molecule is CCNCC([O])O. The lowest BCUT2D eigenvalue weighted by atomic mass is 10.6. The van der Waals surface area contributed by atoms with Crippen LogP contribution in [0, 0.1) is 0 Å². The van der Waals surface area contributed by atoms with E-state index in [2.05, 4.69) is 5.32 Å². The summed E-state index contributed by atoms with van der Waals surface area (Å²) in [6, 6.07) is 0. The number of nitrogens with one attached hydrogen (secondary N) is 1. The summed E-state index contributed by atoms with van der Waals surface area (Å²) in [6.07, 6.45) is -1.46. The normalized spacial score (nSPS) is 10.3. The molecule has 0 saturated heterocycles. The molecular formula is C4H10NO2. The fraction of sp³-hybridized carbons (Fsp3) is 1.00. The molecule has 0 amide bonds. The van der Waals surface area contributed by atoms with Gasteiger partial charge in [-0.25, -0.2) is 5.11 Å². The third-order valence-corrected chi connectivity index (χ3v) is 0.569. The summed E-state index contributed by atoms with van der Waals surface area (Å²) in [5.41, 5.74) is 0. The van der Waals surface area contributed by atoms with E-state index in [0.717, 1.165) is 6.54 Å². The molecule has 0 spiro atoms. The molecule has 7 heavy (non-hydrogen) atoms. The maximum absolute atomic E-state index is 9.78. The molecule has 2 N–H and O–H groups in total. The summed E-state index contributed by atoms with van der Waals surface area (Å²) in [4.78, 5) is 0. The summed E-state index contributed by atoms with van der Waals surface area (Å²) in [6.45, 7) is 2.76. The average Bonchev–Trinajstić information content (AvgIpc) is 1.61. The molecule has 0 bridgehead atoms. The van der Waals surface area contributed by atoms with E-state index in [1.165, 1.54) is 0 Å². The van der Waals surface area contributed by atoms with Crippen molar-refractivity contribution in [2.45, 2.75) is 13.2 Å². The predicted molar refractivity (Wildman–Crippen MR) is 25.2 cm³/mol. The molecule has 0 aromatic carbocycles. The van der Waals surface area contributed by atoms with Crippen LogP contribution in [-0.4, -0.2) is 24.5 Å². The molecule has 0 aromatic rings. The van der Waals surface area contributed by atoms with Crippen LogP contribution in [0.25, 0.3) is 0 Å². The van der Waals surface area contributed by atoms with E-state index in [4.69, 9.17) is 5.11 Å². The highest BCUT2D eigenvalue weighted by Gasteiger charge is 1.93. The molecule has 3 nitrogen and oxygen atoms in total. The minimum absolute atomic E-state index is 0.149. The van der Waals surface area contributed by atoms with Crippen LogP contribution in [0.1, 0.15) is 6.92 Å². The van der Waals surface area contributed by atoms with E-state index in [1.54, 1.807) is 0 Å². The minimum atomic E-state index is -1.46. The van der Waals surface area contributed by atoms with Gasteiger partial charge in [0.2, 0.25) is 6.29 Å². The molecule has 1 radical (unpaired) electrons.